The van der Waals surface area contributed by atoms with Crippen molar-refractivity contribution < 1.29 is 15.3 Å². The summed E-state index contributed by atoms with van der Waals surface area (Å²) in [4.78, 5) is 0. The van der Waals surface area contributed by atoms with E-state index in [-0.39, 0.29) is 0 Å². The van der Waals surface area contributed by atoms with Crippen LogP contribution in [-0.4, -0.2) is 32.1 Å². The van der Waals surface area contributed by atoms with Gasteiger partial charge in [0.1, 0.15) is 11.2 Å². The Bertz CT molecular complexity index is 295. The Hall–Kier alpha value is -0.560. The maximum absolute atomic E-state index is 10.4. The highest BCUT2D eigenvalue weighted by Crippen LogP contribution is 2.36. The molecule has 3 N–H and O–H groups in total. The van der Waals surface area contributed by atoms with Crippen LogP contribution in [0.4, 0.5) is 0 Å². The van der Waals surface area contributed by atoms with E-state index in [2.05, 4.69) is 11.8 Å². The molecule has 0 aromatic heterocycles. The van der Waals surface area contributed by atoms with Crippen molar-refractivity contribution >= 4 is 0 Å². The average Bonchev–Trinajstić information content (AvgIpc) is 2.15. The van der Waals surface area contributed by atoms with Gasteiger partial charge in [0.15, 0.2) is 5.60 Å². The third-order valence-corrected chi connectivity index (χ3v) is 3.20. The Balaban J connectivity index is 2.86. The Labute approximate surface area is 97.5 Å². The van der Waals surface area contributed by atoms with Gasteiger partial charge in [-0.2, -0.15) is 0 Å². The van der Waals surface area contributed by atoms with Crippen LogP contribution < -0.4 is 0 Å². The molecule has 0 radical (unpaired) electrons. The molecule has 1 unspecified atom stereocenters. The van der Waals surface area contributed by atoms with E-state index in [4.69, 9.17) is 0 Å². The van der Waals surface area contributed by atoms with E-state index < -0.39 is 16.8 Å². The van der Waals surface area contributed by atoms with Gasteiger partial charge in [-0.1, -0.05) is 31.1 Å². The van der Waals surface area contributed by atoms with Crippen molar-refractivity contribution in [1.29, 1.82) is 0 Å². The van der Waals surface area contributed by atoms with Crippen LogP contribution in [0.3, 0.4) is 0 Å². The van der Waals surface area contributed by atoms with Crippen molar-refractivity contribution in [2.75, 3.05) is 0 Å². The first-order chi connectivity index (χ1) is 7.16. The fourth-order valence-corrected chi connectivity index (χ4v) is 2.01. The maximum Gasteiger partial charge on any atom is 0.151 e. The second-order valence-electron chi connectivity index (χ2n) is 5.47. The quantitative estimate of drug-likeness (QED) is 0.589. The SMILES string of the molecule is CC(C)(O)C#CC(C)(O)C1(O)CCCCC1. The van der Waals surface area contributed by atoms with Gasteiger partial charge in [0.05, 0.1) is 0 Å². The van der Waals surface area contributed by atoms with E-state index in [0.29, 0.717) is 12.8 Å². The highest BCUT2D eigenvalue weighted by molar-refractivity contribution is 5.23. The second-order valence-corrected chi connectivity index (χ2v) is 5.47. The molecule has 1 aliphatic carbocycles. The first-order valence-electron chi connectivity index (χ1n) is 5.88. The topological polar surface area (TPSA) is 60.7 Å². The van der Waals surface area contributed by atoms with Crippen LogP contribution in [0.25, 0.3) is 0 Å². The molecule has 1 saturated carbocycles. The molecule has 0 saturated heterocycles. The summed E-state index contributed by atoms with van der Waals surface area (Å²) >= 11 is 0. The number of hydrogen-bond donors (Lipinski definition) is 3. The molecule has 1 aliphatic rings. The normalized spacial score (nSPS) is 24.1. The minimum absolute atomic E-state index is 0.570. The summed E-state index contributed by atoms with van der Waals surface area (Å²) in [5.74, 6) is 5.19. The molecule has 92 valence electrons. The molecule has 1 atom stereocenters. The molecular weight excluding hydrogens is 204 g/mol. The van der Waals surface area contributed by atoms with Crippen LogP contribution >= 0.6 is 0 Å². The molecular formula is C13H22O3. The van der Waals surface area contributed by atoms with Crippen molar-refractivity contribution in [3.05, 3.63) is 0 Å². The molecule has 16 heavy (non-hydrogen) atoms. The summed E-state index contributed by atoms with van der Waals surface area (Å²) in [6.07, 6.45) is 4.06. The van der Waals surface area contributed by atoms with E-state index in [1.54, 1.807) is 13.8 Å². The highest BCUT2D eigenvalue weighted by atomic mass is 16.4. The molecule has 3 heteroatoms. The fourth-order valence-electron chi connectivity index (χ4n) is 2.01. The van der Waals surface area contributed by atoms with Crippen molar-refractivity contribution in [2.45, 2.75) is 69.7 Å². The second kappa shape index (κ2) is 4.37. The lowest BCUT2D eigenvalue weighted by Crippen LogP contribution is -2.52. The van der Waals surface area contributed by atoms with Gasteiger partial charge in [0, 0.05) is 0 Å². The first-order valence-corrected chi connectivity index (χ1v) is 5.88. The number of aliphatic hydroxyl groups is 3. The first kappa shape index (κ1) is 13.5. The zero-order valence-electron chi connectivity index (χ0n) is 10.4. The van der Waals surface area contributed by atoms with Crippen LogP contribution in [-0.2, 0) is 0 Å². The van der Waals surface area contributed by atoms with Crippen molar-refractivity contribution in [2.24, 2.45) is 0 Å². The van der Waals surface area contributed by atoms with E-state index in [9.17, 15) is 15.3 Å². The monoisotopic (exact) mass is 226 g/mol. The van der Waals surface area contributed by atoms with Crippen molar-refractivity contribution in [3.8, 4) is 11.8 Å². The fraction of sp³-hybridized carbons (Fsp3) is 0.846. The minimum Gasteiger partial charge on any atom is -0.386 e. The molecule has 0 aromatic carbocycles. The zero-order chi connectivity index (χ0) is 12.4. The summed E-state index contributed by atoms with van der Waals surface area (Å²) < 4.78 is 0. The van der Waals surface area contributed by atoms with Gasteiger partial charge >= 0.3 is 0 Å². The van der Waals surface area contributed by atoms with Crippen LogP contribution in [0.1, 0.15) is 52.9 Å². The summed E-state index contributed by atoms with van der Waals surface area (Å²) in [7, 11) is 0. The highest BCUT2D eigenvalue weighted by Gasteiger charge is 2.45. The van der Waals surface area contributed by atoms with Crippen LogP contribution in [0.2, 0.25) is 0 Å². The van der Waals surface area contributed by atoms with Crippen molar-refractivity contribution in [1.82, 2.24) is 0 Å². The Morgan fingerprint density at radius 2 is 1.44 bits per heavy atom. The minimum atomic E-state index is -1.45. The standard InChI is InChI=1S/C13H22O3/c1-11(2,14)9-10-12(3,15)13(16)7-5-4-6-8-13/h14-16H,4-8H2,1-3H3. The zero-order valence-corrected chi connectivity index (χ0v) is 10.4. The third-order valence-electron chi connectivity index (χ3n) is 3.20. The third kappa shape index (κ3) is 3.21. The number of rotatable bonds is 1. The van der Waals surface area contributed by atoms with E-state index in [1.807, 2.05) is 0 Å². The molecule has 0 spiro atoms. The van der Waals surface area contributed by atoms with Crippen LogP contribution in [0, 0.1) is 11.8 Å². The molecule has 0 aromatic rings. The molecule has 1 fully saturated rings. The summed E-state index contributed by atoms with van der Waals surface area (Å²) in [5.41, 5.74) is -3.73. The Morgan fingerprint density at radius 3 is 1.88 bits per heavy atom. The van der Waals surface area contributed by atoms with Crippen molar-refractivity contribution in [3.63, 3.8) is 0 Å². The van der Waals surface area contributed by atoms with Gasteiger partial charge < -0.3 is 15.3 Å². The van der Waals surface area contributed by atoms with Gasteiger partial charge in [0.2, 0.25) is 0 Å². The molecule has 3 nitrogen and oxygen atoms in total. The van der Waals surface area contributed by atoms with E-state index in [0.717, 1.165) is 19.3 Å². The van der Waals surface area contributed by atoms with E-state index in [1.165, 1.54) is 6.92 Å². The average molecular weight is 226 g/mol. The lowest BCUT2D eigenvalue weighted by atomic mass is 9.73. The summed E-state index contributed by atoms with van der Waals surface area (Å²) in [6, 6.07) is 0. The van der Waals surface area contributed by atoms with Gasteiger partial charge in [0.25, 0.3) is 0 Å². The Morgan fingerprint density at radius 1 is 0.938 bits per heavy atom. The molecule has 0 heterocycles. The van der Waals surface area contributed by atoms with Crippen LogP contribution in [0.5, 0.6) is 0 Å². The predicted octanol–water partition coefficient (Wildman–Crippen LogP) is 1.21. The number of hydrogen-bond acceptors (Lipinski definition) is 3. The molecule has 0 bridgehead atoms. The van der Waals surface area contributed by atoms with Gasteiger partial charge in [-0.05, 0) is 33.6 Å². The molecule has 0 amide bonds. The van der Waals surface area contributed by atoms with Gasteiger partial charge in [-0.15, -0.1) is 0 Å². The Kier molecular flexibility index (Phi) is 3.69. The smallest absolute Gasteiger partial charge is 0.151 e. The molecule has 0 aliphatic heterocycles. The maximum atomic E-state index is 10.4. The molecule has 1 rings (SSSR count). The van der Waals surface area contributed by atoms with Gasteiger partial charge in [-0.25, -0.2) is 0 Å². The van der Waals surface area contributed by atoms with E-state index >= 15 is 0 Å². The van der Waals surface area contributed by atoms with Gasteiger partial charge in [-0.3, -0.25) is 0 Å². The predicted molar refractivity (Wildman–Crippen MR) is 62.7 cm³/mol. The summed E-state index contributed by atoms with van der Waals surface area (Å²) in [6.45, 7) is 4.64. The largest absolute Gasteiger partial charge is 0.386 e. The van der Waals surface area contributed by atoms with Crippen LogP contribution in [0.15, 0.2) is 0 Å². The lowest BCUT2D eigenvalue weighted by molar-refractivity contribution is -0.127. The lowest BCUT2D eigenvalue weighted by Gasteiger charge is -2.40. The summed E-state index contributed by atoms with van der Waals surface area (Å²) in [5, 5.41) is 30.1.